The molecule has 2 aromatic carbocycles. The van der Waals surface area contributed by atoms with Crippen LogP contribution in [0.25, 0.3) is 6.08 Å². The minimum Gasteiger partial charge on any atom is -0.490 e. The highest BCUT2D eigenvalue weighted by Gasteiger charge is 2.35. The number of benzene rings is 2. The Kier molecular flexibility index (Phi) is 7.04. The Bertz CT molecular complexity index is 1070. The van der Waals surface area contributed by atoms with Gasteiger partial charge < -0.3 is 19.9 Å². The van der Waals surface area contributed by atoms with E-state index in [1.54, 1.807) is 19.1 Å². The van der Waals surface area contributed by atoms with E-state index in [1.165, 1.54) is 12.1 Å². The molecule has 0 unspecified atom stereocenters. The van der Waals surface area contributed by atoms with Gasteiger partial charge in [0.1, 0.15) is 18.8 Å². The molecule has 1 aliphatic heterocycles. The summed E-state index contributed by atoms with van der Waals surface area (Å²) >= 11 is 12.6. The highest BCUT2D eigenvalue weighted by molar-refractivity contribution is 6.32. The second-order valence-corrected chi connectivity index (χ2v) is 7.23. The fraction of sp³-hybridized carbons (Fsp3) is 0.190. The van der Waals surface area contributed by atoms with Gasteiger partial charge in [0.15, 0.2) is 11.5 Å². The number of halogens is 2. The van der Waals surface area contributed by atoms with E-state index >= 15 is 0 Å². The van der Waals surface area contributed by atoms with E-state index in [4.69, 9.17) is 37.8 Å². The first-order valence-corrected chi connectivity index (χ1v) is 9.94. The lowest BCUT2D eigenvalue weighted by Gasteiger charge is -2.15. The molecule has 162 valence electrons. The number of carboxylic acids is 1. The molecule has 0 aliphatic carbocycles. The molecule has 3 amide bonds. The van der Waals surface area contributed by atoms with Crippen LogP contribution in [0.2, 0.25) is 10.0 Å². The summed E-state index contributed by atoms with van der Waals surface area (Å²) in [6.07, 6.45) is 1.38. The van der Waals surface area contributed by atoms with Crippen LogP contribution in [-0.2, 0) is 16.2 Å². The van der Waals surface area contributed by atoms with E-state index < -0.39 is 24.5 Å². The zero-order chi connectivity index (χ0) is 22.5. The van der Waals surface area contributed by atoms with Crippen molar-refractivity contribution in [3.63, 3.8) is 0 Å². The fourth-order valence-electron chi connectivity index (χ4n) is 2.86. The number of hydrogen-bond donors (Lipinski definition) is 2. The van der Waals surface area contributed by atoms with Crippen molar-refractivity contribution in [1.29, 1.82) is 0 Å². The van der Waals surface area contributed by atoms with Crippen LogP contribution in [0.3, 0.4) is 0 Å². The number of ether oxygens (including phenoxy) is 2. The number of imide groups is 1. The van der Waals surface area contributed by atoms with Crippen molar-refractivity contribution < 1.29 is 29.0 Å². The van der Waals surface area contributed by atoms with Crippen LogP contribution in [0.15, 0.2) is 42.1 Å². The molecular formula is C21H18Cl2N2O6. The second-order valence-electron chi connectivity index (χ2n) is 6.42. The summed E-state index contributed by atoms with van der Waals surface area (Å²) in [5.41, 5.74) is 1.15. The van der Waals surface area contributed by atoms with Crippen molar-refractivity contribution in [1.82, 2.24) is 10.2 Å². The predicted octanol–water partition coefficient (Wildman–Crippen LogP) is 3.95. The summed E-state index contributed by atoms with van der Waals surface area (Å²) in [7, 11) is 0. The summed E-state index contributed by atoms with van der Waals surface area (Å²) in [5.74, 6) is -1.40. The maximum Gasteiger partial charge on any atom is 0.329 e. The highest BCUT2D eigenvalue weighted by Crippen LogP contribution is 2.38. The van der Waals surface area contributed by atoms with Crippen molar-refractivity contribution in [3.8, 4) is 11.5 Å². The zero-order valence-corrected chi connectivity index (χ0v) is 17.9. The van der Waals surface area contributed by atoms with E-state index in [9.17, 15) is 14.4 Å². The van der Waals surface area contributed by atoms with E-state index in [1.807, 2.05) is 18.2 Å². The van der Waals surface area contributed by atoms with Gasteiger partial charge in [-0.15, -0.1) is 0 Å². The Morgan fingerprint density at radius 2 is 1.90 bits per heavy atom. The van der Waals surface area contributed by atoms with Gasteiger partial charge in [-0.1, -0.05) is 41.4 Å². The summed E-state index contributed by atoms with van der Waals surface area (Å²) < 4.78 is 11.5. The first kappa shape index (κ1) is 22.5. The summed E-state index contributed by atoms with van der Waals surface area (Å²) in [6.45, 7) is 1.56. The Hall–Kier alpha value is -3.23. The fourth-order valence-corrected chi connectivity index (χ4v) is 3.32. The molecule has 1 heterocycles. The number of urea groups is 1. The lowest BCUT2D eigenvalue weighted by Crippen LogP contribution is -2.35. The molecule has 31 heavy (non-hydrogen) atoms. The van der Waals surface area contributed by atoms with Crippen molar-refractivity contribution in [2.75, 3.05) is 13.2 Å². The van der Waals surface area contributed by atoms with Gasteiger partial charge in [0.25, 0.3) is 5.91 Å². The summed E-state index contributed by atoms with van der Waals surface area (Å²) in [5, 5.41) is 12.0. The maximum absolute atomic E-state index is 12.3. The number of rotatable bonds is 8. The van der Waals surface area contributed by atoms with Gasteiger partial charge in [0, 0.05) is 10.6 Å². The summed E-state index contributed by atoms with van der Waals surface area (Å²) in [4.78, 5) is 35.6. The maximum atomic E-state index is 12.3. The quantitative estimate of drug-likeness (QED) is 0.452. The standard InChI is InChI=1S/C21H18Cl2N2O6/c1-2-30-17-9-12(8-16-20(28)25(10-18(26)27)21(29)24-16)7-15(23)19(17)31-11-13-5-3-4-6-14(13)22/h3-9H,2,10-11H2,1H3,(H,24,29)(H,26,27)/b16-8+. The SMILES string of the molecule is CCOc1cc(/C=C2/NC(=O)N(CC(=O)O)C2=O)cc(Cl)c1OCc1ccccc1Cl. The topological polar surface area (TPSA) is 105 Å². The van der Waals surface area contributed by atoms with Gasteiger partial charge in [0.2, 0.25) is 0 Å². The van der Waals surface area contributed by atoms with Crippen LogP contribution in [0, 0.1) is 0 Å². The van der Waals surface area contributed by atoms with Crippen LogP contribution in [-0.4, -0.2) is 41.1 Å². The Morgan fingerprint density at radius 3 is 2.58 bits per heavy atom. The number of hydrogen-bond acceptors (Lipinski definition) is 5. The molecule has 1 saturated heterocycles. The Balaban J connectivity index is 1.87. The smallest absolute Gasteiger partial charge is 0.329 e. The zero-order valence-electron chi connectivity index (χ0n) is 16.4. The molecule has 1 aliphatic rings. The lowest BCUT2D eigenvalue weighted by molar-refractivity contribution is -0.140. The van der Waals surface area contributed by atoms with Crippen LogP contribution in [0.4, 0.5) is 4.79 Å². The molecule has 8 nitrogen and oxygen atoms in total. The van der Waals surface area contributed by atoms with E-state index in [0.29, 0.717) is 33.6 Å². The Morgan fingerprint density at radius 1 is 1.16 bits per heavy atom. The molecule has 1 fully saturated rings. The second kappa shape index (κ2) is 9.72. The van der Waals surface area contributed by atoms with Crippen molar-refractivity contribution in [3.05, 3.63) is 63.3 Å². The molecule has 0 atom stereocenters. The minimum absolute atomic E-state index is 0.0745. The molecule has 2 N–H and O–H groups in total. The van der Waals surface area contributed by atoms with Crippen LogP contribution >= 0.6 is 23.2 Å². The number of carbonyl (C=O) groups excluding carboxylic acids is 2. The molecule has 0 spiro atoms. The number of carbonyl (C=O) groups is 3. The lowest BCUT2D eigenvalue weighted by atomic mass is 10.1. The Labute approximate surface area is 187 Å². The first-order chi connectivity index (χ1) is 14.8. The monoisotopic (exact) mass is 464 g/mol. The van der Waals surface area contributed by atoms with Crippen LogP contribution in [0.5, 0.6) is 11.5 Å². The average Bonchev–Trinajstić information content (AvgIpc) is 2.96. The van der Waals surface area contributed by atoms with Gasteiger partial charge in [-0.05, 0) is 36.8 Å². The van der Waals surface area contributed by atoms with Crippen LogP contribution < -0.4 is 14.8 Å². The third-order valence-corrected chi connectivity index (χ3v) is 4.88. The highest BCUT2D eigenvalue weighted by atomic mass is 35.5. The van der Waals surface area contributed by atoms with Gasteiger partial charge in [0.05, 0.1) is 11.6 Å². The van der Waals surface area contributed by atoms with Gasteiger partial charge >= 0.3 is 12.0 Å². The first-order valence-electron chi connectivity index (χ1n) is 9.19. The summed E-state index contributed by atoms with van der Waals surface area (Å²) in [6, 6.07) is 9.56. The van der Waals surface area contributed by atoms with Crippen molar-refractivity contribution >= 4 is 47.2 Å². The molecule has 3 rings (SSSR count). The number of amides is 3. The van der Waals surface area contributed by atoms with E-state index in [0.717, 1.165) is 5.56 Å². The van der Waals surface area contributed by atoms with Gasteiger partial charge in [-0.2, -0.15) is 0 Å². The largest absolute Gasteiger partial charge is 0.490 e. The van der Waals surface area contributed by atoms with Gasteiger partial charge in [-0.3, -0.25) is 9.59 Å². The third kappa shape index (κ3) is 5.28. The number of aliphatic carboxylic acids is 1. The molecule has 0 radical (unpaired) electrons. The van der Waals surface area contributed by atoms with E-state index in [-0.39, 0.29) is 17.3 Å². The van der Waals surface area contributed by atoms with E-state index in [2.05, 4.69) is 5.32 Å². The average molecular weight is 465 g/mol. The number of nitrogens with zero attached hydrogens (tertiary/aromatic N) is 1. The molecule has 0 bridgehead atoms. The number of nitrogens with one attached hydrogen (secondary N) is 1. The molecule has 0 saturated carbocycles. The van der Waals surface area contributed by atoms with Gasteiger partial charge in [-0.25, -0.2) is 9.69 Å². The molecule has 0 aromatic heterocycles. The third-order valence-electron chi connectivity index (χ3n) is 4.23. The van der Waals surface area contributed by atoms with Crippen molar-refractivity contribution in [2.24, 2.45) is 0 Å². The predicted molar refractivity (Wildman–Crippen MR) is 114 cm³/mol. The number of carboxylic acid groups (broad SMARTS) is 1. The molecular weight excluding hydrogens is 447 g/mol. The minimum atomic E-state index is -1.30. The normalized spacial score (nSPS) is 14.7. The van der Waals surface area contributed by atoms with Crippen molar-refractivity contribution in [2.45, 2.75) is 13.5 Å². The van der Waals surface area contributed by atoms with Crippen LogP contribution in [0.1, 0.15) is 18.1 Å². The molecule has 10 heteroatoms. The molecule has 2 aromatic rings.